The molecule has 2 aromatic rings. The van der Waals surface area contributed by atoms with Gasteiger partial charge in [0.2, 0.25) is 0 Å². The third-order valence-electron chi connectivity index (χ3n) is 6.15. The Hall–Kier alpha value is -2.21. The summed E-state index contributed by atoms with van der Waals surface area (Å²) in [6.07, 6.45) is 0.887. The monoisotopic (exact) mass is 438 g/mol. The molecule has 0 unspecified atom stereocenters. The minimum atomic E-state index is -2.62. The lowest BCUT2D eigenvalue weighted by atomic mass is 9.92. The number of hydrogen-bond acceptors (Lipinski definition) is 4. The molecule has 0 saturated carbocycles. The Kier molecular flexibility index (Phi) is 7.19. The first-order valence-corrected chi connectivity index (χ1v) is 12.9. The first-order valence-electron chi connectivity index (χ1n) is 10.9. The summed E-state index contributed by atoms with van der Waals surface area (Å²) in [6.45, 7) is 11.1. The highest BCUT2D eigenvalue weighted by Gasteiger charge is 2.50. The van der Waals surface area contributed by atoms with Crippen LogP contribution in [0.4, 0.5) is 0 Å². The number of cyclic esters (lactones) is 1. The quantitative estimate of drug-likeness (QED) is 0.423. The molecule has 1 saturated heterocycles. The van der Waals surface area contributed by atoms with Crippen molar-refractivity contribution in [3.63, 3.8) is 0 Å². The zero-order valence-electron chi connectivity index (χ0n) is 19.2. The Bertz CT molecular complexity index is 863. The average Bonchev–Trinajstić information content (AvgIpc) is 2.72. The molecule has 1 N–H and O–H groups in total. The third kappa shape index (κ3) is 5.00. The van der Waals surface area contributed by atoms with Crippen LogP contribution in [0.25, 0.3) is 0 Å². The molecule has 2 aromatic carbocycles. The van der Waals surface area contributed by atoms with Crippen LogP contribution in [0.3, 0.4) is 0 Å². The van der Waals surface area contributed by atoms with E-state index < -0.39 is 20.5 Å². The van der Waals surface area contributed by atoms with Crippen LogP contribution in [-0.2, 0) is 14.0 Å². The van der Waals surface area contributed by atoms with Gasteiger partial charge in [0.15, 0.2) is 0 Å². The minimum absolute atomic E-state index is 0.0586. The van der Waals surface area contributed by atoms with E-state index in [0.29, 0.717) is 6.61 Å². The van der Waals surface area contributed by atoms with Gasteiger partial charge in [0, 0.05) is 5.92 Å². The van der Waals surface area contributed by atoms with Crippen molar-refractivity contribution in [1.29, 1.82) is 0 Å². The van der Waals surface area contributed by atoms with Crippen molar-refractivity contribution >= 4 is 24.7 Å². The van der Waals surface area contributed by atoms with Gasteiger partial charge in [0.05, 0.1) is 19.1 Å². The van der Waals surface area contributed by atoms with Gasteiger partial charge >= 0.3 is 5.97 Å². The number of rotatable bonds is 6. The Balaban J connectivity index is 1.95. The van der Waals surface area contributed by atoms with Crippen LogP contribution < -0.4 is 10.4 Å². The number of aliphatic hydroxyl groups excluding tert-OH is 1. The van der Waals surface area contributed by atoms with Crippen LogP contribution in [-0.4, -0.2) is 38.2 Å². The summed E-state index contributed by atoms with van der Waals surface area (Å²) in [5.41, 5.74) is 0.992. The number of carbonyl (C=O) groups excluding carboxylic acids is 1. The van der Waals surface area contributed by atoms with Crippen LogP contribution in [0, 0.1) is 5.92 Å². The summed E-state index contributed by atoms with van der Waals surface area (Å²) in [5, 5.41) is 12.5. The molecule has 3 atom stereocenters. The van der Waals surface area contributed by atoms with Crippen molar-refractivity contribution in [2.45, 2.75) is 58.3 Å². The molecule has 31 heavy (non-hydrogen) atoms. The van der Waals surface area contributed by atoms with E-state index in [1.165, 1.54) is 10.4 Å². The molecule has 1 aliphatic heterocycles. The largest absolute Gasteiger partial charge is 0.458 e. The SMILES string of the molecule is C/C(=C\[C@H]1OC(=O)C[C@H](O)[C@H]1C)CO[Si](c1ccccc1)(c1ccccc1)C(C)(C)C. The lowest BCUT2D eigenvalue weighted by molar-refractivity contribution is -0.162. The van der Waals surface area contributed by atoms with E-state index in [4.69, 9.17) is 9.16 Å². The van der Waals surface area contributed by atoms with Crippen molar-refractivity contribution in [2.24, 2.45) is 5.92 Å². The van der Waals surface area contributed by atoms with Crippen LogP contribution in [0.2, 0.25) is 5.04 Å². The maximum atomic E-state index is 11.8. The van der Waals surface area contributed by atoms with E-state index in [0.717, 1.165) is 5.57 Å². The number of hydrogen-bond donors (Lipinski definition) is 1. The average molecular weight is 439 g/mol. The van der Waals surface area contributed by atoms with Gasteiger partial charge in [-0.2, -0.15) is 0 Å². The Morgan fingerprint density at radius 3 is 2.10 bits per heavy atom. The summed E-state index contributed by atoms with van der Waals surface area (Å²) in [6, 6.07) is 21.0. The molecule has 5 heteroatoms. The van der Waals surface area contributed by atoms with E-state index in [2.05, 4.69) is 69.3 Å². The van der Waals surface area contributed by atoms with E-state index in [1.54, 1.807) is 0 Å². The summed E-state index contributed by atoms with van der Waals surface area (Å²) < 4.78 is 12.4. The van der Waals surface area contributed by atoms with Gasteiger partial charge in [-0.25, -0.2) is 0 Å². The minimum Gasteiger partial charge on any atom is -0.458 e. The van der Waals surface area contributed by atoms with Gasteiger partial charge < -0.3 is 14.3 Å². The van der Waals surface area contributed by atoms with Crippen LogP contribution in [0.15, 0.2) is 72.3 Å². The maximum absolute atomic E-state index is 11.8. The second kappa shape index (κ2) is 9.51. The molecule has 0 aromatic heterocycles. The van der Waals surface area contributed by atoms with E-state index in [1.807, 2.05) is 32.1 Å². The van der Waals surface area contributed by atoms with E-state index in [-0.39, 0.29) is 23.3 Å². The molecular formula is C26H34O4Si. The third-order valence-corrected chi connectivity index (χ3v) is 11.1. The molecule has 1 fully saturated rings. The second-order valence-electron chi connectivity index (χ2n) is 9.55. The highest BCUT2D eigenvalue weighted by molar-refractivity contribution is 6.99. The van der Waals surface area contributed by atoms with Gasteiger partial charge in [-0.05, 0) is 34.0 Å². The number of esters is 1. The lowest BCUT2D eigenvalue weighted by Crippen LogP contribution is -2.66. The molecule has 0 spiro atoms. The molecular weight excluding hydrogens is 404 g/mol. The zero-order valence-corrected chi connectivity index (χ0v) is 20.2. The zero-order chi connectivity index (χ0) is 22.6. The highest BCUT2D eigenvalue weighted by atomic mass is 28.4. The summed E-state index contributed by atoms with van der Waals surface area (Å²) in [4.78, 5) is 11.8. The standard InChI is InChI=1S/C26H34O4Si/c1-19(16-24-20(2)23(27)17-25(28)30-24)18-29-31(26(3,4)5,21-12-8-6-9-13-21)22-14-10-7-11-15-22/h6-16,20,23-24,27H,17-18H2,1-5H3/b19-16+/t20-,23+,24-/m1/s1. The molecule has 4 nitrogen and oxygen atoms in total. The number of carbonyl (C=O) groups is 1. The first kappa shape index (κ1) is 23.5. The van der Waals surface area contributed by atoms with E-state index in [9.17, 15) is 9.90 Å². The molecule has 0 aliphatic carbocycles. The fourth-order valence-electron chi connectivity index (χ4n) is 4.38. The van der Waals surface area contributed by atoms with E-state index >= 15 is 0 Å². The Morgan fingerprint density at radius 2 is 1.61 bits per heavy atom. The predicted octanol–water partition coefficient (Wildman–Crippen LogP) is 3.82. The normalized spacial score (nSPS) is 22.8. The molecule has 3 rings (SSSR count). The highest BCUT2D eigenvalue weighted by Crippen LogP contribution is 2.37. The number of ether oxygens (including phenoxy) is 1. The van der Waals surface area contributed by atoms with Gasteiger partial charge in [-0.1, -0.05) is 88.4 Å². The molecule has 0 amide bonds. The molecule has 1 heterocycles. The topological polar surface area (TPSA) is 55.8 Å². The van der Waals surface area contributed by atoms with Crippen molar-refractivity contribution in [3.8, 4) is 0 Å². The predicted molar refractivity (Wildman–Crippen MR) is 127 cm³/mol. The Morgan fingerprint density at radius 1 is 1.10 bits per heavy atom. The summed E-state index contributed by atoms with van der Waals surface area (Å²) in [7, 11) is -2.62. The molecule has 1 aliphatic rings. The lowest BCUT2D eigenvalue weighted by Gasteiger charge is -2.43. The van der Waals surface area contributed by atoms with Crippen LogP contribution >= 0.6 is 0 Å². The van der Waals surface area contributed by atoms with Gasteiger partial charge in [0.25, 0.3) is 8.32 Å². The molecule has 166 valence electrons. The van der Waals surface area contributed by atoms with Gasteiger partial charge in [0.1, 0.15) is 6.10 Å². The Labute approximate surface area is 187 Å². The smallest absolute Gasteiger partial charge is 0.309 e. The molecule has 0 bridgehead atoms. The van der Waals surface area contributed by atoms with Crippen molar-refractivity contribution in [3.05, 3.63) is 72.3 Å². The molecule has 0 radical (unpaired) electrons. The van der Waals surface area contributed by atoms with Gasteiger partial charge in [-0.3, -0.25) is 4.79 Å². The first-order chi connectivity index (χ1) is 14.6. The van der Waals surface area contributed by atoms with Crippen molar-refractivity contribution < 1.29 is 19.1 Å². The van der Waals surface area contributed by atoms with Crippen molar-refractivity contribution in [1.82, 2.24) is 0 Å². The number of aliphatic hydroxyl groups is 1. The fraction of sp³-hybridized carbons (Fsp3) is 0.423. The van der Waals surface area contributed by atoms with Crippen LogP contribution in [0.5, 0.6) is 0 Å². The van der Waals surface area contributed by atoms with Gasteiger partial charge in [-0.15, -0.1) is 0 Å². The summed E-state index contributed by atoms with van der Waals surface area (Å²) >= 11 is 0. The maximum Gasteiger partial charge on any atom is 0.309 e. The summed E-state index contributed by atoms with van der Waals surface area (Å²) in [5.74, 6) is -0.493. The number of benzene rings is 2. The fourth-order valence-corrected chi connectivity index (χ4v) is 8.98. The van der Waals surface area contributed by atoms with Crippen molar-refractivity contribution in [2.75, 3.05) is 6.61 Å². The second-order valence-corrected chi connectivity index (χ2v) is 13.9. The van der Waals surface area contributed by atoms with Crippen LogP contribution in [0.1, 0.15) is 41.0 Å².